The van der Waals surface area contributed by atoms with Crippen molar-refractivity contribution in [1.29, 1.82) is 0 Å². The molecule has 0 aliphatic rings. The number of aliphatic imine (C=N–C) groups is 1. The van der Waals surface area contributed by atoms with E-state index in [0.717, 1.165) is 6.42 Å². The number of halogens is 2. The quantitative estimate of drug-likeness (QED) is 0.356. The van der Waals surface area contributed by atoms with Gasteiger partial charge in [0, 0.05) is 20.1 Å². The van der Waals surface area contributed by atoms with Crippen LogP contribution < -0.4 is 16.0 Å². The topological polar surface area (TPSA) is 65.5 Å². The molecule has 3 N–H and O–H groups in total. The third-order valence-corrected chi connectivity index (χ3v) is 2.86. The number of nitrogens with zero attached hydrogens (tertiary/aromatic N) is 1. The van der Waals surface area contributed by atoms with Crippen molar-refractivity contribution in [3.05, 3.63) is 35.6 Å². The minimum atomic E-state index is -0.207. The van der Waals surface area contributed by atoms with Crippen LogP contribution in [-0.2, 0) is 11.2 Å². The largest absolute Gasteiger partial charge is 0.356 e. The van der Waals surface area contributed by atoms with Gasteiger partial charge in [0.25, 0.3) is 0 Å². The van der Waals surface area contributed by atoms with Crippen LogP contribution >= 0.6 is 24.0 Å². The number of carbonyl (C=O) groups is 1. The molecule has 1 rings (SSSR count). The van der Waals surface area contributed by atoms with Crippen molar-refractivity contribution in [3.8, 4) is 0 Å². The minimum Gasteiger partial charge on any atom is -0.356 e. The highest BCUT2D eigenvalue weighted by Crippen LogP contribution is 2.05. The Hall–Kier alpha value is -1.38. The molecule has 0 radical (unpaired) electrons. The van der Waals surface area contributed by atoms with E-state index in [0.29, 0.717) is 31.0 Å². The Balaban J connectivity index is 0.00000441. The van der Waals surface area contributed by atoms with Crippen LogP contribution in [0, 0.1) is 5.82 Å². The van der Waals surface area contributed by atoms with Gasteiger partial charge in [0.05, 0.1) is 6.54 Å². The molecule has 1 aromatic carbocycles. The molecule has 1 aromatic rings. The van der Waals surface area contributed by atoms with E-state index in [9.17, 15) is 9.18 Å². The lowest BCUT2D eigenvalue weighted by Gasteiger charge is -2.12. The number of benzene rings is 1. The molecular formula is C15H24FIN4O. The number of nitrogens with one attached hydrogen (secondary N) is 3. The van der Waals surface area contributed by atoms with Gasteiger partial charge in [0.15, 0.2) is 5.96 Å². The van der Waals surface area contributed by atoms with Crippen molar-refractivity contribution in [2.75, 3.05) is 26.7 Å². The summed E-state index contributed by atoms with van der Waals surface area (Å²) in [4.78, 5) is 15.5. The molecule has 7 heteroatoms. The zero-order chi connectivity index (χ0) is 15.5. The van der Waals surface area contributed by atoms with Gasteiger partial charge in [0.1, 0.15) is 5.82 Å². The summed E-state index contributed by atoms with van der Waals surface area (Å²) in [6, 6.07) is 6.68. The first-order chi connectivity index (χ1) is 10.2. The minimum absolute atomic E-state index is 0. The predicted octanol–water partition coefficient (Wildman–Crippen LogP) is 1.68. The Morgan fingerprint density at radius 1 is 1.18 bits per heavy atom. The first-order valence-electron chi connectivity index (χ1n) is 7.12. The van der Waals surface area contributed by atoms with Gasteiger partial charge < -0.3 is 16.0 Å². The van der Waals surface area contributed by atoms with Gasteiger partial charge in [-0.3, -0.25) is 9.79 Å². The number of guanidine groups is 1. The van der Waals surface area contributed by atoms with Crippen molar-refractivity contribution in [2.24, 2.45) is 4.99 Å². The van der Waals surface area contributed by atoms with E-state index in [2.05, 4.69) is 20.9 Å². The molecule has 0 spiro atoms. The van der Waals surface area contributed by atoms with Crippen LogP contribution in [0.5, 0.6) is 0 Å². The molecule has 0 saturated carbocycles. The molecule has 0 bridgehead atoms. The molecule has 0 unspecified atom stereocenters. The Labute approximate surface area is 148 Å². The Kier molecular flexibility index (Phi) is 11.4. The summed E-state index contributed by atoms with van der Waals surface area (Å²) in [5.74, 6) is 0.244. The maximum atomic E-state index is 13.4. The number of hydrogen-bond acceptors (Lipinski definition) is 2. The SMILES string of the molecule is CCCNC(=O)CNC(=NC)NCCc1ccccc1F.I. The van der Waals surface area contributed by atoms with Crippen molar-refractivity contribution in [1.82, 2.24) is 16.0 Å². The molecule has 0 fully saturated rings. The Bertz CT molecular complexity index is 482. The Morgan fingerprint density at radius 3 is 2.55 bits per heavy atom. The van der Waals surface area contributed by atoms with E-state index in [-0.39, 0.29) is 42.2 Å². The molecule has 1 amide bonds. The lowest BCUT2D eigenvalue weighted by atomic mass is 10.1. The summed E-state index contributed by atoms with van der Waals surface area (Å²) in [6.45, 7) is 3.37. The zero-order valence-corrected chi connectivity index (χ0v) is 15.3. The summed E-state index contributed by atoms with van der Waals surface area (Å²) in [6.07, 6.45) is 1.46. The van der Waals surface area contributed by atoms with Crippen LogP contribution in [0.3, 0.4) is 0 Å². The van der Waals surface area contributed by atoms with E-state index in [1.807, 2.05) is 13.0 Å². The lowest BCUT2D eigenvalue weighted by Crippen LogP contribution is -2.43. The van der Waals surface area contributed by atoms with Gasteiger partial charge in [-0.25, -0.2) is 4.39 Å². The van der Waals surface area contributed by atoms with Crippen molar-refractivity contribution in [3.63, 3.8) is 0 Å². The number of hydrogen-bond donors (Lipinski definition) is 3. The smallest absolute Gasteiger partial charge is 0.239 e. The van der Waals surface area contributed by atoms with E-state index >= 15 is 0 Å². The third-order valence-electron chi connectivity index (χ3n) is 2.86. The van der Waals surface area contributed by atoms with Crippen molar-refractivity contribution >= 4 is 35.8 Å². The van der Waals surface area contributed by atoms with Crippen LogP contribution in [-0.4, -0.2) is 38.5 Å². The number of amides is 1. The van der Waals surface area contributed by atoms with E-state index in [1.165, 1.54) is 6.07 Å². The molecular weight excluding hydrogens is 398 g/mol. The van der Waals surface area contributed by atoms with Gasteiger partial charge in [-0.15, -0.1) is 24.0 Å². The normalized spacial score (nSPS) is 10.6. The molecule has 0 aromatic heterocycles. The Morgan fingerprint density at radius 2 is 1.91 bits per heavy atom. The highest BCUT2D eigenvalue weighted by atomic mass is 127. The van der Waals surface area contributed by atoms with Gasteiger partial charge in [0.2, 0.25) is 5.91 Å². The third kappa shape index (κ3) is 8.16. The maximum absolute atomic E-state index is 13.4. The van der Waals surface area contributed by atoms with Gasteiger partial charge >= 0.3 is 0 Å². The first-order valence-corrected chi connectivity index (χ1v) is 7.12. The van der Waals surface area contributed by atoms with Crippen LogP contribution in [0.15, 0.2) is 29.3 Å². The van der Waals surface area contributed by atoms with Crippen LogP contribution in [0.2, 0.25) is 0 Å². The molecule has 124 valence electrons. The molecule has 22 heavy (non-hydrogen) atoms. The van der Waals surface area contributed by atoms with Gasteiger partial charge in [-0.1, -0.05) is 25.1 Å². The number of carbonyl (C=O) groups excluding carboxylic acids is 1. The highest BCUT2D eigenvalue weighted by molar-refractivity contribution is 14.0. The maximum Gasteiger partial charge on any atom is 0.239 e. The second-order valence-electron chi connectivity index (χ2n) is 4.54. The van der Waals surface area contributed by atoms with E-state index in [1.54, 1.807) is 19.2 Å². The van der Waals surface area contributed by atoms with Crippen molar-refractivity contribution in [2.45, 2.75) is 19.8 Å². The number of rotatable bonds is 7. The van der Waals surface area contributed by atoms with Crippen LogP contribution in [0.4, 0.5) is 4.39 Å². The van der Waals surface area contributed by atoms with E-state index in [4.69, 9.17) is 0 Å². The summed E-state index contributed by atoms with van der Waals surface area (Å²) in [5.41, 5.74) is 0.654. The first kappa shape index (κ1) is 20.6. The summed E-state index contributed by atoms with van der Waals surface area (Å²) >= 11 is 0. The van der Waals surface area contributed by atoms with Crippen LogP contribution in [0.1, 0.15) is 18.9 Å². The lowest BCUT2D eigenvalue weighted by molar-refractivity contribution is -0.120. The van der Waals surface area contributed by atoms with Crippen LogP contribution in [0.25, 0.3) is 0 Å². The predicted molar refractivity (Wildman–Crippen MR) is 98.2 cm³/mol. The molecule has 0 saturated heterocycles. The molecule has 5 nitrogen and oxygen atoms in total. The molecule has 0 atom stereocenters. The fourth-order valence-electron chi connectivity index (χ4n) is 1.73. The second kappa shape index (κ2) is 12.2. The second-order valence-corrected chi connectivity index (χ2v) is 4.54. The zero-order valence-electron chi connectivity index (χ0n) is 13.0. The average molecular weight is 422 g/mol. The van der Waals surface area contributed by atoms with Gasteiger partial charge in [-0.2, -0.15) is 0 Å². The fourth-order valence-corrected chi connectivity index (χ4v) is 1.73. The average Bonchev–Trinajstić information content (AvgIpc) is 2.50. The van der Waals surface area contributed by atoms with Gasteiger partial charge in [-0.05, 0) is 24.5 Å². The standard InChI is InChI=1S/C15H23FN4O.HI/c1-3-9-18-14(21)11-20-15(17-2)19-10-8-12-6-4-5-7-13(12)16;/h4-7H,3,8-11H2,1-2H3,(H,18,21)(H2,17,19,20);1H. The van der Waals surface area contributed by atoms with E-state index < -0.39 is 0 Å². The molecule has 0 aliphatic carbocycles. The highest BCUT2D eigenvalue weighted by Gasteiger charge is 2.04. The molecule has 0 aliphatic heterocycles. The fraction of sp³-hybridized carbons (Fsp3) is 0.467. The molecule has 0 heterocycles. The summed E-state index contributed by atoms with van der Waals surface area (Å²) in [7, 11) is 1.63. The summed E-state index contributed by atoms with van der Waals surface area (Å²) in [5, 5.41) is 8.73. The van der Waals surface area contributed by atoms with Crippen molar-refractivity contribution < 1.29 is 9.18 Å². The summed E-state index contributed by atoms with van der Waals surface area (Å²) < 4.78 is 13.4. The monoisotopic (exact) mass is 422 g/mol.